The topological polar surface area (TPSA) is 61.8 Å². The Labute approximate surface area is 152 Å². The highest BCUT2D eigenvalue weighted by Crippen LogP contribution is 2.37. The molecule has 0 saturated heterocycles. The van der Waals surface area contributed by atoms with Crippen LogP contribution in [0.5, 0.6) is 17.2 Å². The van der Waals surface area contributed by atoms with Crippen molar-refractivity contribution in [1.82, 2.24) is 0 Å². The Morgan fingerprint density at radius 1 is 1.15 bits per heavy atom. The second kappa shape index (κ2) is 7.04. The van der Waals surface area contributed by atoms with Crippen LogP contribution in [-0.4, -0.2) is 18.9 Å². The lowest BCUT2D eigenvalue weighted by Gasteiger charge is -2.09. The smallest absolute Gasteiger partial charge is 0.313 e. The first-order valence-corrected chi connectivity index (χ1v) is 8.33. The molecule has 2 aromatic carbocycles. The van der Waals surface area contributed by atoms with E-state index in [-0.39, 0.29) is 23.4 Å². The van der Waals surface area contributed by atoms with Crippen LogP contribution in [0.25, 0.3) is 6.08 Å². The molecule has 0 N–H and O–H groups in total. The number of methoxy groups -OCH3 is 1. The molecule has 0 aliphatic carbocycles. The average Bonchev–Trinajstić information content (AvgIpc) is 2.91. The lowest BCUT2D eigenvalue weighted by Crippen LogP contribution is -2.14. The zero-order chi connectivity index (χ0) is 18.8. The Morgan fingerprint density at radius 2 is 1.92 bits per heavy atom. The normalized spacial score (nSPS) is 14.3. The third-order valence-electron chi connectivity index (χ3n) is 4.03. The molecule has 1 aliphatic rings. The molecule has 0 bridgehead atoms. The first-order chi connectivity index (χ1) is 12.4. The van der Waals surface area contributed by atoms with Gasteiger partial charge in [0, 0.05) is 6.07 Å². The molecule has 0 radical (unpaired) electrons. The molecule has 5 heteroatoms. The molecule has 26 heavy (non-hydrogen) atoms. The summed E-state index contributed by atoms with van der Waals surface area (Å²) in [6, 6.07) is 10.6. The van der Waals surface area contributed by atoms with E-state index in [0.717, 1.165) is 5.56 Å². The van der Waals surface area contributed by atoms with E-state index in [2.05, 4.69) is 0 Å². The van der Waals surface area contributed by atoms with Crippen LogP contribution in [0.4, 0.5) is 0 Å². The van der Waals surface area contributed by atoms with Gasteiger partial charge >= 0.3 is 5.97 Å². The molecule has 2 aromatic rings. The van der Waals surface area contributed by atoms with Crippen molar-refractivity contribution in [3.05, 3.63) is 58.8 Å². The van der Waals surface area contributed by atoms with Gasteiger partial charge in [-0.3, -0.25) is 9.59 Å². The molecular weight excluding hydrogens is 332 g/mol. The fraction of sp³-hybridized carbons (Fsp3) is 0.238. The fourth-order valence-corrected chi connectivity index (χ4v) is 2.65. The standard InChI is InChI=1S/C21H20O5/c1-12(2)21(23)25-16-8-13(3)19-17(11-16)26-18(20(19)22)10-14-6-5-7-15(9-14)24-4/h5-12H,1-4H3/b18-10-. The number of esters is 1. The SMILES string of the molecule is COc1cccc(/C=C2\Oc3cc(OC(=O)C(C)C)cc(C)c3C2=O)c1. The Balaban J connectivity index is 1.92. The van der Waals surface area contributed by atoms with Gasteiger partial charge in [0.2, 0.25) is 5.78 Å². The number of carbonyl (C=O) groups is 2. The van der Waals surface area contributed by atoms with Crippen LogP contribution in [0.1, 0.15) is 35.3 Å². The van der Waals surface area contributed by atoms with Gasteiger partial charge < -0.3 is 14.2 Å². The Hall–Kier alpha value is -3.08. The summed E-state index contributed by atoms with van der Waals surface area (Å²) in [6.07, 6.45) is 1.67. The quantitative estimate of drug-likeness (QED) is 0.469. The molecule has 5 nitrogen and oxygen atoms in total. The van der Waals surface area contributed by atoms with Gasteiger partial charge in [-0.25, -0.2) is 0 Å². The molecule has 0 saturated carbocycles. The number of hydrogen-bond acceptors (Lipinski definition) is 5. The molecule has 134 valence electrons. The third kappa shape index (κ3) is 3.47. The van der Waals surface area contributed by atoms with Crippen molar-refractivity contribution in [3.63, 3.8) is 0 Å². The van der Waals surface area contributed by atoms with Gasteiger partial charge in [-0.1, -0.05) is 26.0 Å². The zero-order valence-electron chi connectivity index (χ0n) is 15.2. The lowest BCUT2D eigenvalue weighted by atomic mass is 10.0. The van der Waals surface area contributed by atoms with Crippen LogP contribution in [0.2, 0.25) is 0 Å². The van der Waals surface area contributed by atoms with E-state index in [1.807, 2.05) is 24.3 Å². The highest BCUT2D eigenvalue weighted by molar-refractivity contribution is 6.15. The van der Waals surface area contributed by atoms with Crippen molar-refractivity contribution in [1.29, 1.82) is 0 Å². The zero-order valence-corrected chi connectivity index (χ0v) is 15.2. The van der Waals surface area contributed by atoms with Crippen molar-refractivity contribution in [3.8, 4) is 17.2 Å². The molecule has 0 aromatic heterocycles. The van der Waals surface area contributed by atoms with Gasteiger partial charge in [0.25, 0.3) is 0 Å². The van der Waals surface area contributed by atoms with E-state index in [1.54, 1.807) is 46.1 Å². The monoisotopic (exact) mass is 352 g/mol. The number of benzene rings is 2. The maximum atomic E-state index is 12.7. The first-order valence-electron chi connectivity index (χ1n) is 8.33. The summed E-state index contributed by atoms with van der Waals surface area (Å²) in [6.45, 7) is 5.32. The lowest BCUT2D eigenvalue weighted by molar-refractivity contribution is -0.137. The maximum absolute atomic E-state index is 12.7. The van der Waals surface area contributed by atoms with Crippen molar-refractivity contribution in [2.75, 3.05) is 7.11 Å². The highest BCUT2D eigenvalue weighted by Gasteiger charge is 2.30. The second-order valence-electron chi connectivity index (χ2n) is 6.41. The summed E-state index contributed by atoms with van der Waals surface area (Å²) in [5.41, 5.74) is 1.99. The van der Waals surface area contributed by atoms with E-state index >= 15 is 0 Å². The van der Waals surface area contributed by atoms with Crippen LogP contribution in [-0.2, 0) is 4.79 Å². The second-order valence-corrected chi connectivity index (χ2v) is 6.41. The fourth-order valence-electron chi connectivity index (χ4n) is 2.65. The summed E-state index contributed by atoms with van der Waals surface area (Å²) in [7, 11) is 1.59. The van der Waals surface area contributed by atoms with Crippen molar-refractivity contribution < 1.29 is 23.8 Å². The van der Waals surface area contributed by atoms with Gasteiger partial charge in [-0.15, -0.1) is 0 Å². The molecule has 0 fully saturated rings. The van der Waals surface area contributed by atoms with Crippen molar-refractivity contribution in [2.45, 2.75) is 20.8 Å². The van der Waals surface area contributed by atoms with E-state index in [9.17, 15) is 9.59 Å². The Kier molecular flexibility index (Phi) is 4.80. The summed E-state index contributed by atoms with van der Waals surface area (Å²) in [4.78, 5) is 24.5. The van der Waals surface area contributed by atoms with Gasteiger partial charge in [0.1, 0.15) is 17.2 Å². The number of Topliss-reactive ketones (excluding diaryl/α,β-unsaturated/α-hetero) is 1. The number of ketones is 1. The van der Waals surface area contributed by atoms with E-state index < -0.39 is 0 Å². The van der Waals surface area contributed by atoms with Crippen LogP contribution in [0.3, 0.4) is 0 Å². The number of hydrogen-bond donors (Lipinski definition) is 0. The molecule has 0 atom stereocenters. The number of fused-ring (bicyclic) bond motifs is 1. The predicted molar refractivity (Wildman–Crippen MR) is 97.6 cm³/mol. The van der Waals surface area contributed by atoms with Gasteiger partial charge in [0.05, 0.1) is 18.6 Å². The largest absolute Gasteiger partial charge is 0.497 e. The van der Waals surface area contributed by atoms with E-state index in [1.165, 1.54) is 0 Å². The Bertz CT molecular complexity index is 909. The molecule has 3 rings (SSSR count). The van der Waals surface area contributed by atoms with Gasteiger partial charge in [-0.2, -0.15) is 0 Å². The minimum atomic E-state index is -0.333. The minimum Gasteiger partial charge on any atom is -0.497 e. The Morgan fingerprint density at radius 3 is 2.62 bits per heavy atom. The molecule has 1 heterocycles. The number of aryl methyl sites for hydroxylation is 1. The number of ether oxygens (including phenoxy) is 3. The summed E-state index contributed by atoms with van der Waals surface area (Å²) < 4.78 is 16.3. The van der Waals surface area contributed by atoms with E-state index in [0.29, 0.717) is 28.4 Å². The minimum absolute atomic E-state index is 0.193. The first kappa shape index (κ1) is 17.7. The van der Waals surface area contributed by atoms with Crippen LogP contribution < -0.4 is 14.2 Å². The molecule has 0 unspecified atom stereocenters. The van der Waals surface area contributed by atoms with Crippen LogP contribution >= 0.6 is 0 Å². The van der Waals surface area contributed by atoms with Crippen LogP contribution in [0, 0.1) is 12.8 Å². The maximum Gasteiger partial charge on any atom is 0.313 e. The summed E-state index contributed by atoms with van der Waals surface area (Å²) in [5, 5.41) is 0. The average molecular weight is 352 g/mol. The summed E-state index contributed by atoms with van der Waals surface area (Å²) >= 11 is 0. The molecule has 0 spiro atoms. The molecule has 0 amide bonds. The highest BCUT2D eigenvalue weighted by atomic mass is 16.5. The predicted octanol–water partition coefficient (Wildman–Crippen LogP) is 4.18. The van der Waals surface area contributed by atoms with Gasteiger partial charge in [-0.05, 0) is 42.3 Å². The molecular formula is C21H20O5. The van der Waals surface area contributed by atoms with E-state index in [4.69, 9.17) is 14.2 Å². The van der Waals surface area contributed by atoms with Crippen LogP contribution in [0.15, 0.2) is 42.2 Å². The third-order valence-corrected chi connectivity index (χ3v) is 4.03. The van der Waals surface area contributed by atoms with Crippen molar-refractivity contribution in [2.24, 2.45) is 5.92 Å². The number of rotatable bonds is 4. The summed E-state index contributed by atoms with van der Waals surface area (Å²) in [5.74, 6) is 0.925. The van der Waals surface area contributed by atoms with Crippen molar-refractivity contribution >= 4 is 17.8 Å². The number of allylic oxidation sites excluding steroid dienone is 1. The van der Waals surface area contributed by atoms with Gasteiger partial charge in [0.15, 0.2) is 5.76 Å². The number of carbonyl (C=O) groups excluding carboxylic acids is 2. The molecule has 1 aliphatic heterocycles.